The Morgan fingerprint density at radius 2 is 1.75 bits per heavy atom. The molecule has 0 aliphatic carbocycles. The van der Waals surface area contributed by atoms with Gasteiger partial charge in [0.2, 0.25) is 0 Å². The zero-order valence-electron chi connectivity index (χ0n) is 10.7. The number of ketones is 1. The molecule has 0 spiro atoms. The van der Waals surface area contributed by atoms with Crippen LogP contribution in [-0.2, 0) is 4.79 Å². The third kappa shape index (κ3) is 2.80. The first-order chi connectivity index (χ1) is 9.75. The van der Waals surface area contributed by atoms with Crippen molar-refractivity contribution >= 4 is 47.2 Å². The average molecular weight is 392 g/mol. The molecule has 0 N–H and O–H groups in total. The number of rotatable bonds is 3. The average Bonchev–Trinajstić information content (AvgIpc) is 2.84. The second-order valence-electron chi connectivity index (χ2n) is 4.62. The number of hydrogen-bond acceptors (Lipinski definition) is 1. The molecule has 3 heteroatoms. The summed E-state index contributed by atoms with van der Waals surface area (Å²) in [6, 6.07) is 18.3. The minimum atomic E-state index is 0.0693. The quantitative estimate of drug-likeness (QED) is 0.444. The zero-order chi connectivity index (χ0) is 13.9. The number of carbonyl (C=O) groups excluding carboxylic acids is 1. The van der Waals surface area contributed by atoms with E-state index in [9.17, 15) is 4.79 Å². The van der Waals surface area contributed by atoms with Gasteiger partial charge < -0.3 is 0 Å². The van der Waals surface area contributed by atoms with E-state index < -0.39 is 0 Å². The Labute approximate surface area is 133 Å². The van der Waals surface area contributed by atoms with E-state index >= 15 is 0 Å². The number of carbonyl (C=O) groups is 1. The fourth-order valence-corrected chi connectivity index (χ4v) is 6.34. The van der Waals surface area contributed by atoms with Gasteiger partial charge in [-0.1, -0.05) is 0 Å². The molecule has 0 radical (unpaired) electrons. The molecule has 2 aromatic rings. The van der Waals surface area contributed by atoms with E-state index in [0.29, 0.717) is 0 Å². The van der Waals surface area contributed by atoms with E-state index in [1.54, 1.807) is 6.08 Å². The number of allylic oxidation sites excluding steroid dienone is 1. The molecule has 20 heavy (non-hydrogen) atoms. The molecule has 0 saturated heterocycles. The normalized spacial score (nSPS) is 21.1. The second kappa shape index (κ2) is 6.09. The van der Waals surface area contributed by atoms with Crippen LogP contribution in [-0.4, -0.2) is 20.7 Å². The molecule has 1 nitrogen and oxygen atoms in total. The summed E-state index contributed by atoms with van der Waals surface area (Å²) in [7, 11) is 0. The van der Waals surface area contributed by atoms with Gasteiger partial charge in [-0.05, 0) is 0 Å². The van der Waals surface area contributed by atoms with Gasteiger partial charge in [0.1, 0.15) is 0 Å². The van der Waals surface area contributed by atoms with Gasteiger partial charge in [0.05, 0.1) is 0 Å². The molecule has 1 heterocycles. The van der Waals surface area contributed by atoms with E-state index in [1.165, 1.54) is 10.0 Å². The second-order valence-corrected chi connectivity index (χ2v) is 8.09. The van der Waals surface area contributed by atoms with Crippen LogP contribution in [0.25, 0.3) is 6.08 Å². The summed E-state index contributed by atoms with van der Waals surface area (Å²) < 4.78 is 1.34. The molecule has 2 atom stereocenters. The number of fused-ring (bicyclic) bond motifs is 1. The van der Waals surface area contributed by atoms with Crippen LogP contribution >= 0.6 is 15.9 Å². The number of benzene rings is 2. The van der Waals surface area contributed by atoms with Gasteiger partial charge in [-0.25, -0.2) is 0 Å². The standard InChI is InChI=1S/C17H13BrOSe/c18-16-13-8-4-5-9-15(13)20-17(16)14(19)11-10-12-6-2-1-3-7-12/h1-11,16-17H/b11-10+. The predicted octanol–water partition coefficient (Wildman–Crippen LogP) is 3.54. The van der Waals surface area contributed by atoms with E-state index in [2.05, 4.69) is 28.1 Å². The molecule has 0 amide bonds. The first-order valence-corrected chi connectivity index (χ1v) is 9.18. The number of alkyl halides is 1. The maximum atomic E-state index is 12.4. The minimum absolute atomic E-state index is 0.0693. The first-order valence-electron chi connectivity index (χ1n) is 6.42. The summed E-state index contributed by atoms with van der Waals surface area (Å²) in [6.45, 7) is 0. The Balaban J connectivity index is 1.75. The van der Waals surface area contributed by atoms with Crippen molar-refractivity contribution in [2.45, 2.75) is 9.64 Å². The van der Waals surface area contributed by atoms with E-state index in [-0.39, 0.29) is 30.4 Å². The molecule has 0 saturated carbocycles. The summed E-state index contributed by atoms with van der Waals surface area (Å²) in [4.78, 5) is 12.6. The molecule has 0 fully saturated rings. The van der Waals surface area contributed by atoms with E-state index in [0.717, 1.165) is 5.56 Å². The molecule has 0 bridgehead atoms. The van der Waals surface area contributed by atoms with Crippen molar-refractivity contribution in [3.05, 3.63) is 71.8 Å². The SMILES string of the molecule is O=C(/C=C/c1ccccc1)C1[Se]c2ccccc2C1Br. The van der Waals surface area contributed by atoms with Crippen LogP contribution in [0.5, 0.6) is 0 Å². The number of halogens is 1. The maximum absolute atomic E-state index is 12.4. The Hall–Kier alpha value is -1.15. The third-order valence-electron chi connectivity index (χ3n) is 3.26. The Morgan fingerprint density at radius 3 is 2.50 bits per heavy atom. The van der Waals surface area contributed by atoms with Crippen LogP contribution in [0, 0.1) is 0 Å². The topological polar surface area (TPSA) is 17.1 Å². The molecule has 0 aromatic heterocycles. The summed E-state index contributed by atoms with van der Waals surface area (Å²) >= 11 is 3.90. The Morgan fingerprint density at radius 1 is 1.05 bits per heavy atom. The third-order valence-corrected chi connectivity index (χ3v) is 7.97. The Kier molecular flexibility index (Phi) is 4.21. The van der Waals surface area contributed by atoms with Gasteiger partial charge in [-0.3, -0.25) is 0 Å². The predicted molar refractivity (Wildman–Crippen MR) is 87.7 cm³/mol. The Bertz CT molecular complexity index is 651. The molecule has 100 valence electrons. The molecule has 3 rings (SSSR count). The van der Waals surface area contributed by atoms with Crippen LogP contribution in [0.1, 0.15) is 16.0 Å². The fraction of sp³-hybridized carbons (Fsp3) is 0.118. The van der Waals surface area contributed by atoms with Crippen molar-refractivity contribution < 1.29 is 4.79 Å². The van der Waals surface area contributed by atoms with Crippen LogP contribution in [0.2, 0.25) is 4.82 Å². The van der Waals surface area contributed by atoms with Gasteiger partial charge in [0.15, 0.2) is 0 Å². The summed E-state index contributed by atoms with van der Waals surface area (Å²) in [5.41, 5.74) is 2.34. The van der Waals surface area contributed by atoms with Crippen LogP contribution in [0.3, 0.4) is 0 Å². The first kappa shape index (κ1) is 13.8. The van der Waals surface area contributed by atoms with Crippen molar-refractivity contribution in [1.82, 2.24) is 0 Å². The molecular formula is C17H13BrOSe. The zero-order valence-corrected chi connectivity index (χ0v) is 14.0. The van der Waals surface area contributed by atoms with Gasteiger partial charge in [-0.2, -0.15) is 0 Å². The fourth-order valence-electron chi connectivity index (χ4n) is 2.21. The van der Waals surface area contributed by atoms with Gasteiger partial charge in [0.25, 0.3) is 0 Å². The van der Waals surface area contributed by atoms with Gasteiger partial charge in [-0.15, -0.1) is 0 Å². The van der Waals surface area contributed by atoms with Crippen molar-refractivity contribution in [3.63, 3.8) is 0 Å². The molecule has 2 unspecified atom stereocenters. The van der Waals surface area contributed by atoms with Crippen LogP contribution in [0.4, 0.5) is 0 Å². The summed E-state index contributed by atoms with van der Waals surface area (Å²) in [5, 5.41) is 0. The molecule has 1 aliphatic heterocycles. The van der Waals surface area contributed by atoms with Crippen molar-refractivity contribution in [2.24, 2.45) is 0 Å². The molecule has 2 aromatic carbocycles. The molecular weight excluding hydrogens is 379 g/mol. The number of hydrogen-bond donors (Lipinski definition) is 0. The molecule has 1 aliphatic rings. The van der Waals surface area contributed by atoms with E-state index in [1.807, 2.05) is 48.5 Å². The van der Waals surface area contributed by atoms with Crippen molar-refractivity contribution in [3.8, 4) is 0 Å². The van der Waals surface area contributed by atoms with Crippen LogP contribution in [0.15, 0.2) is 60.7 Å². The van der Waals surface area contributed by atoms with Gasteiger partial charge in [0, 0.05) is 0 Å². The van der Waals surface area contributed by atoms with E-state index in [4.69, 9.17) is 0 Å². The van der Waals surface area contributed by atoms with Gasteiger partial charge >= 0.3 is 133 Å². The monoisotopic (exact) mass is 392 g/mol. The summed E-state index contributed by atoms with van der Waals surface area (Å²) in [6.07, 6.45) is 3.63. The van der Waals surface area contributed by atoms with Crippen molar-refractivity contribution in [2.75, 3.05) is 0 Å². The van der Waals surface area contributed by atoms with Crippen molar-refractivity contribution in [1.29, 1.82) is 0 Å². The summed E-state index contributed by atoms with van der Waals surface area (Å²) in [5.74, 6) is 0.215. The van der Waals surface area contributed by atoms with Crippen LogP contribution < -0.4 is 4.46 Å².